The summed E-state index contributed by atoms with van der Waals surface area (Å²) in [6.45, 7) is 0. The van der Waals surface area contributed by atoms with Crippen molar-refractivity contribution in [2.24, 2.45) is 11.7 Å². The molecule has 3 nitrogen and oxygen atoms in total. The number of halogens is 1. The average molecular weight is 256 g/mol. The van der Waals surface area contributed by atoms with Crippen LogP contribution < -0.4 is 5.73 Å². The molecule has 0 aliphatic heterocycles. The standard InChI is InChI=1S/C13H17NO2.ClH/c14-12(9-3-1-2-4-9)10-5-7-11(8-6-10)13(15)16;/h5-9,12H,1-4,14H2,(H,15,16);1H/t12-;/m0./s1. The van der Waals surface area contributed by atoms with E-state index in [9.17, 15) is 4.79 Å². The topological polar surface area (TPSA) is 63.3 Å². The molecule has 0 unspecified atom stereocenters. The first-order chi connectivity index (χ1) is 7.68. The maximum atomic E-state index is 10.7. The number of rotatable bonds is 3. The Bertz CT molecular complexity index is 372. The van der Waals surface area contributed by atoms with Crippen LogP contribution in [0.1, 0.15) is 47.6 Å². The molecule has 17 heavy (non-hydrogen) atoms. The molecule has 2 rings (SSSR count). The highest BCUT2D eigenvalue weighted by Gasteiger charge is 2.23. The highest BCUT2D eigenvalue weighted by atomic mass is 35.5. The first kappa shape index (κ1) is 14.0. The molecular formula is C13H18ClNO2. The minimum Gasteiger partial charge on any atom is -0.478 e. The Morgan fingerprint density at radius 1 is 1.24 bits per heavy atom. The van der Waals surface area contributed by atoms with Crippen LogP contribution in [-0.4, -0.2) is 11.1 Å². The van der Waals surface area contributed by atoms with Gasteiger partial charge in [-0.15, -0.1) is 12.4 Å². The summed E-state index contributed by atoms with van der Waals surface area (Å²) < 4.78 is 0. The Balaban J connectivity index is 0.00000144. The molecule has 94 valence electrons. The van der Waals surface area contributed by atoms with E-state index in [1.165, 1.54) is 25.7 Å². The maximum absolute atomic E-state index is 10.7. The molecule has 4 heteroatoms. The van der Waals surface area contributed by atoms with Crippen LogP contribution in [0.5, 0.6) is 0 Å². The van der Waals surface area contributed by atoms with E-state index in [4.69, 9.17) is 10.8 Å². The zero-order chi connectivity index (χ0) is 11.5. The van der Waals surface area contributed by atoms with Gasteiger partial charge < -0.3 is 10.8 Å². The van der Waals surface area contributed by atoms with Crippen LogP contribution >= 0.6 is 12.4 Å². The van der Waals surface area contributed by atoms with Crippen LogP contribution in [0, 0.1) is 5.92 Å². The third-order valence-electron chi connectivity index (χ3n) is 3.45. The first-order valence-electron chi connectivity index (χ1n) is 5.77. The molecule has 1 aliphatic rings. The zero-order valence-electron chi connectivity index (χ0n) is 9.63. The molecular weight excluding hydrogens is 238 g/mol. The minimum absolute atomic E-state index is 0. The molecule has 0 radical (unpaired) electrons. The van der Waals surface area contributed by atoms with E-state index in [1.54, 1.807) is 12.1 Å². The summed E-state index contributed by atoms with van der Waals surface area (Å²) in [6, 6.07) is 7.00. The number of benzene rings is 1. The van der Waals surface area contributed by atoms with Crippen molar-refractivity contribution in [3.8, 4) is 0 Å². The molecule has 0 aromatic heterocycles. The largest absolute Gasteiger partial charge is 0.478 e. The van der Waals surface area contributed by atoms with Crippen LogP contribution in [-0.2, 0) is 0 Å². The monoisotopic (exact) mass is 255 g/mol. The van der Waals surface area contributed by atoms with Gasteiger partial charge in [0.05, 0.1) is 5.56 Å². The molecule has 1 saturated carbocycles. The second-order valence-corrected chi connectivity index (χ2v) is 4.50. The van der Waals surface area contributed by atoms with Gasteiger partial charge in [-0.3, -0.25) is 0 Å². The van der Waals surface area contributed by atoms with Crippen molar-refractivity contribution in [3.05, 3.63) is 35.4 Å². The second kappa shape index (κ2) is 6.03. The number of carboxylic acid groups (broad SMARTS) is 1. The van der Waals surface area contributed by atoms with Crippen LogP contribution in [0.25, 0.3) is 0 Å². The second-order valence-electron chi connectivity index (χ2n) is 4.50. The molecule has 0 bridgehead atoms. The lowest BCUT2D eigenvalue weighted by Crippen LogP contribution is -2.19. The van der Waals surface area contributed by atoms with Gasteiger partial charge in [0, 0.05) is 6.04 Å². The number of carbonyl (C=O) groups is 1. The third-order valence-corrected chi connectivity index (χ3v) is 3.45. The Hall–Kier alpha value is -1.06. The van der Waals surface area contributed by atoms with Gasteiger partial charge in [-0.25, -0.2) is 4.79 Å². The van der Waals surface area contributed by atoms with E-state index in [0.717, 1.165) is 5.56 Å². The highest BCUT2D eigenvalue weighted by molar-refractivity contribution is 5.87. The van der Waals surface area contributed by atoms with E-state index in [1.807, 2.05) is 12.1 Å². The molecule has 3 N–H and O–H groups in total. The summed E-state index contributed by atoms with van der Waals surface area (Å²) in [4.78, 5) is 10.7. The van der Waals surface area contributed by atoms with Gasteiger partial charge in [0.25, 0.3) is 0 Å². The normalized spacial score (nSPS) is 17.5. The lowest BCUT2D eigenvalue weighted by Gasteiger charge is -2.19. The van der Waals surface area contributed by atoms with Crippen molar-refractivity contribution >= 4 is 18.4 Å². The molecule has 1 aliphatic carbocycles. The average Bonchev–Trinajstić information content (AvgIpc) is 2.81. The van der Waals surface area contributed by atoms with E-state index in [2.05, 4.69) is 0 Å². The number of hydrogen-bond donors (Lipinski definition) is 2. The van der Waals surface area contributed by atoms with Gasteiger partial charge in [-0.05, 0) is 36.5 Å². The molecule has 1 atom stereocenters. The van der Waals surface area contributed by atoms with Gasteiger partial charge >= 0.3 is 5.97 Å². The van der Waals surface area contributed by atoms with Gasteiger partial charge in [-0.2, -0.15) is 0 Å². The van der Waals surface area contributed by atoms with Crippen molar-refractivity contribution in [2.75, 3.05) is 0 Å². The molecule has 0 saturated heterocycles. The van der Waals surface area contributed by atoms with E-state index in [-0.39, 0.29) is 18.4 Å². The lowest BCUT2D eigenvalue weighted by molar-refractivity contribution is 0.0697. The quantitative estimate of drug-likeness (QED) is 0.873. The molecule has 0 spiro atoms. The first-order valence-corrected chi connectivity index (χ1v) is 5.77. The fraction of sp³-hybridized carbons (Fsp3) is 0.462. The van der Waals surface area contributed by atoms with Gasteiger partial charge in [0.2, 0.25) is 0 Å². The summed E-state index contributed by atoms with van der Waals surface area (Å²) in [7, 11) is 0. The van der Waals surface area contributed by atoms with Gasteiger partial charge in [0.1, 0.15) is 0 Å². The molecule has 1 fully saturated rings. The number of carboxylic acids is 1. The number of nitrogens with two attached hydrogens (primary N) is 1. The summed E-state index contributed by atoms with van der Waals surface area (Å²) in [5.74, 6) is -0.323. The van der Waals surface area contributed by atoms with Crippen LogP contribution in [0.2, 0.25) is 0 Å². The number of hydrogen-bond acceptors (Lipinski definition) is 2. The van der Waals surface area contributed by atoms with Crippen molar-refractivity contribution in [2.45, 2.75) is 31.7 Å². The predicted molar refractivity (Wildman–Crippen MR) is 69.5 cm³/mol. The lowest BCUT2D eigenvalue weighted by atomic mass is 9.92. The Morgan fingerprint density at radius 3 is 2.24 bits per heavy atom. The van der Waals surface area contributed by atoms with Crippen molar-refractivity contribution in [1.82, 2.24) is 0 Å². The van der Waals surface area contributed by atoms with Crippen LogP contribution in [0.15, 0.2) is 24.3 Å². The fourth-order valence-corrected chi connectivity index (χ4v) is 2.44. The molecule has 0 heterocycles. The molecule has 0 amide bonds. The summed E-state index contributed by atoms with van der Waals surface area (Å²) in [6.07, 6.45) is 4.93. The summed E-state index contributed by atoms with van der Waals surface area (Å²) in [5, 5.41) is 8.79. The highest BCUT2D eigenvalue weighted by Crippen LogP contribution is 2.34. The van der Waals surface area contributed by atoms with Gasteiger partial charge in [-0.1, -0.05) is 25.0 Å². The Morgan fingerprint density at radius 2 is 1.76 bits per heavy atom. The number of aromatic carboxylic acids is 1. The summed E-state index contributed by atoms with van der Waals surface area (Å²) >= 11 is 0. The fourth-order valence-electron chi connectivity index (χ4n) is 2.44. The van der Waals surface area contributed by atoms with Crippen LogP contribution in [0.4, 0.5) is 0 Å². The van der Waals surface area contributed by atoms with Crippen molar-refractivity contribution in [1.29, 1.82) is 0 Å². The maximum Gasteiger partial charge on any atom is 0.335 e. The van der Waals surface area contributed by atoms with Crippen molar-refractivity contribution in [3.63, 3.8) is 0 Å². The van der Waals surface area contributed by atoms with Gasteiger partial charge in [0.15, 0.2) is 0 Å². The summed E-state index contributed by atoms with van der Waals surface area (Å²) in [5.41, 5.74) is 7.55. The SMILES string of the molecule is Cl.N[C@H](c1ccc(C(=O)O)cc1)C1CCCC1. The smallest absolute Gasteiger partial charge is 0.335 e. The molecule has 1 aromatic rings. The molecule has 1 aromatic carbocycles. The minimum atomic E-state index is -0.888. The van der Waals surface area contributed by atoms with E-state index < -0.39 is 5.97 Å². The van der Waals surface area contributed by atoms with Crippen molar-refractivity contribution < 1.29 is 9.90 Å². The van der Waals surface area contributed by atoms with E-state index in [0.29, 0.717) is 11.5 Å². The zero-order valence-corrected chi connectivity index (χ0v) is 10.5. The Kier molecular flexibility index (Phi) is 4.97. The Labute approximate surface area is 107 Å². The van der Waals surface area contributed by atoms with E-state index >= 15 is 0 Å². The third kappa shape index (κ3) is 3.20. The predicted octanol–water partition coefficient (Wildman–Crippen LogP) is 3.00. The van der Waals surface area contributed by atoms with Crippen LogP contribution in [0.3, 0.4) is 0 Å².